The zero-order valence-electron chi connectivity index (χ0n) is 19.0. The summed E-state index contributed by atoms with van der Waals surface area (Å²) in [6.45, 7) is 6.41. The van der Waals surface area contributed by atoms with Gasteiger partial charge < -0.3 is 10.1 Å². The van der Waals surface area contributed by atoms with Crippen molar-refractivity contribution in [3.8, 4) is 5.75 Å². The lowest BCUT2D eigenvalue weighted by molar-refractivity contribution is -0.127. The van der Waals surface area contributed by atoms with E-state index in [0.717, 1.165) is 11.1 Å². The Morgan fingerprint density at radius 3 is 2.27 bits per heavy atom. The summed E-state index contributed by atoms with van der Waals surface area (Å²) in [5.41, 5.74) is 2.19. The van der Waals surface area contributed by atoms with E-state index in [1.165, 1.54) is 4.31 Å². The lowest BCUT2D eigenvalue weighted by atomic mass is 9.86. The molecular formula is C26H28N2O4S. The van der Waals surface area contributed by atoms with Gasteiger partial charge in [0.05, 0.1) is 17.1 Å². The van der Waals surface area contributed by atoms with E-state index in [1.807, 2.05) is 42.5 Å². The smallest absolute Gasteiger partial charge is 0.264 e. The largest absolute Gasteiger partial charge is 0.476 e. The van der Waals surface area contributed by atoms with Gasteiger partial charge in [-0.1, -0.05) is 75.4 Å². The van der Waals surface area contributed by atoms with Gasteiger partial charge in [0, 0.05) is 6.54 Å². The molecule has 0 aromatic heterocycles. The first-order valence-electron chi connectivity index (χ1n) is 10.9. The monoisotopic (exact) mass is 464 g/mol. The van der Waals surface area contributed by atoms with Crippen LogP contribution < -0.4 is 14.4 Å². The fourth-order valence-corrected chi connectivity index (χ4v) is 5.19. The van der Waals surface area contributed by atoms with Crippen LogP contribution in [0.1, 0.15) is 31.9 Å². The van der Waals surface area contributed by atoms with Gasteiger partial charge in [-0.05, 0) is 40.8 Å². The quantitative estimate of drug-likeness (QED) is 0.612. The third kappa shape index (κ3) is 4.88. The average Bonchev–Trinajstić information content (AvgIpc) is 2.82. The van der Waals surface area contributed by atoms with Crippen molar-refractivity contribution in [1.82, 2.24) is 5.32 Å². The second kappa shape index (κ2) is 8.90. The molecule has 1 aliphatic rings. The molecule has 0 unspecified atom stereocenters. The molecular weight excluding hydrogens is 436 g/mol. The Labute approximate surface area is 195 Å². The number of ether oxygens (including phenoxy) is 1. The van der Waals surface area contributed by atoms with E-state index in [0.29, 0.717) is 18.0 Å². The van der Waals surface area contributed by atoms with Crippen molar-refractivity contribution < 1.29 is 17.9 Å². The molecule has 0 aliphatic carbocycles. The minimum atomic E-state index is -3.90. The molecule has 0 saturated carbocycles. The average molecular weight is 465 g/mol. The third-order valence-electron chi connectivity index (χ3n) is 5.63. The van der Waals surface area contributed by atoms with Crippen molar-refractivity contribution in [2.75, 3.05) is 10.8 Å². The Hall–Kier alpha value is -3.32. The van der Waals surface area contributed by atoms with E-state index in [2.05, 4.69) is 26.1 Å². The Kier molecular flexibility index (Phi) is 6.17. The Morgan fingerprint density at radius 1 is 1.00 bits per heavy atom. The van der Waals surface area contributed by atoms with Crippen LogP contribution in [0.2, 0.25) is 0 Å². The number of fused-ring (bicyclic) bond motifs is 1. The van der Waals surface area contributed by atoms with Gasteiger partial charge in [0.25, 0.3) is 15.9 Å². The molecule has 1 N–H and O–H groups in total. The molecule has 0 saturated heterocycles. The lowest BCUT2D eigenvalue weighted by Crippen LogP contribution is -2.50. The van der Waals surface area contributed by atoms with Crippen LogP contribution in [-0.2, 0) is 26.8 Å². The second-order valence-electron chi connectivity index (χ2n) is 9.09. The summed E-state index contributed by atoms with van der Waals surface area (Å²) in [4.78, 5) is 13.1. The standard InChI is InChI=1S/C26H28N2O4S/c1-26(2,3)20-14-15-23-22(16-20)28(33(30,31)21-12-8-5-9-13-21)18-24(32-23)25(29)27-17-19-10-6-4-7-11-19/h4-16,24H,17-18H2,1-3H3,(H,27,29)/t24-/m0/s1. The van der Waals surface area contributed by atoms with Crippen molar-refractivity contribution in [3.63, 3.8) is 0 Å². The van der Waals surface area contributed by atoms with Crippen LogP contribution in [0, 0.1) is 0 Å². The molecule has 1 heterocycles. The molecule has 3 aromatic carbocycles. The number of sulfonamides is 1. The number of amides is 1. The maximum Gasteiger partial charge on any atom is 0.264 e. The Bertz CT molecular complexity index is 1240. The van der Waals surface area contributed by atoms with E-state index >= 15 is 0 Å². The third-order valence-corrected chi connectivity index (χ3v) is 7.42. The first-order valence-corrected chi connectivity index (χ1v) is 12.3. The maximum absolute atomic E-state index is 13.6. The summed E-state index contributed by atoms with van der Waals surface area (Å²) >= 11 is 0. The Balaban J connectivity index is 1.68. The molecule has 0 fully saturated rings. The number of hydrogen-bond acceptors (Lipinski definition) is 4. The Morgan fingerprint density at radius 2 is 1.64 bits per heavy atom. The highest BCUT2D eigenvalue weighted by atomic mass is 32.2. The van der Waals surface area contributed by atoms with Gasteiger partial charge in [-0.25, -0.2) is 8.42 Å². The fourth-order valence-electron chi connectivity index (χ4n) is 3.70. The van der Waals surface area contributed by atoms with Gasteiger partial charge in [-0.15, -0.1) is 0 Å². The van der Waals surface area contributed by atoms with Crippen molar-refractivity contribution in [2.24, 2.45) is 0 Å². The molecule has 0 spiro atoms. The first kappa shape index (κ1) is 22.9. The first-order chi connectivity index (χ1) is 15.7. The highest BCUT2D eigenvalue weighted by Crippen LogP contribution is 2.40. The van der Waals surface area contributed by atoms with E-state index in [-0.39, 0.29) is 22.8 Å². The van der Waals surface area contributed by atoms with Crippen LogP contribution >= 0.6 is 0 Å². The molecule has 4 rings (SSSR count). The molecule has 0 bridgehead atoms. The number of nitrogens with one attached hydrogen (secondary N) is 1. The predicted octanol–water partition coefficient (Wildman–Crippen LogP) is 4.26. The van der Waals surface area contributed by atoms with Gasteiger partial charge in [0.15, 0.2) is 6.10 Å². The number of carbonyl (C=O) groups is 1. The molecule has 1 amide bonds. The highest BCUT2D eigenvalue weighted by Gasteiger charge is 2.38. The summed E-state index contributed by atoms with van der Waals surface area (Å²) in [5.74, 6) is 0.00581. The number of rotatable bonds is 5. The van der Waals surface area contributed by atoms with Crippen LogP contribution in [0.15, 0.2) is 83.8 Å². The molecule has 172 valence electrons. The summed E-state index contributed by atoms with van der Waals surface area (Å²) in [6.07, 6.45) is -0.972. The van der Waals surface area contributed by atoms with Crippen molar-refractivity contribution in [3.05, 3.63) is 90.0 Å². The normalized spacial score (nSPS) is 16.0. The van der Waals surface area contributed by atoms with E-state index in [9.17, 15) is 13.2 Å². The van der Waals surface area contributed by atoms with Crippen LogP contribution in [0.4, 0.5) is 5.69 Å². The van der Waals surface area contributed by atoms with E-state index < -0.39 is 16.1 Å². The lowest BCUT2D eigenvalue weighted by Gasteiger charge is -2.36. The summed E-state index contributed by atoms with van der Waals surface area (Å²) < 4.78 is 34.5. The predicted molar refractivity (Wildman–Crippen MR) is 129 cm³/mol. The van der Waals surface area contributed by atoms with Gasteiger partial charge in [-0.3, -0.25) is 9.10 Å². The molecule has 3 aromatic rings. The summed E-state index contributed by atoms with van der Waals surface area (Å²) in [6, 6.07) is 23.3. The van der Waals surface area contributed by atoms with Gasteiger partial charge in [-0.2, -0.15) is 0 Å². The van der Waals surface area contributed by atoms with Crippen molar-refractivity contribution in [2.45, 2.75) is 43.7 Å². The number of anilines is 1. The number of hydrogen-bond donors (Lipinski definition) is 1. The van der Waals surface area contributed by atoms with Crippen LogP contribution in [0.5, 0.6) is 5.75 Å². The number of nitrogens with zero attached hydrogens (tertiary/aromatic N) is 1. The van der Waals surface area contributed by atoms with Crippen LogP contribution in [-0.4, -0.2) is 27.0 Å². The topological polar surface area (TPSA) is 75.7 Å². The highest BCUT2D eigenvalue weighted by molar-refractivity contribution is 7.92. The molecule has 7 heteroatoms. The summed E-state index contributed by atoms with van der Waals surface area (Å²) in [5, 5.41) is 2.86. The van der Waals surface area contributed by atoms with Gasteiger partial charge in [0.1, 0.15) is 5.75 Å². The van der Waals surface area contributed by atoms with Crippen LogP contribution in [0.3, 0.4) is 0 Å². The fraction of sp³-hybridized carbons (Fsp3) is 0.269. The zero-order valence-corrected chi connectivity index (χ0v) is 19.8. The van der Waals surface area contributed by atoms with Gasteiger partial charge in [0.2, 0.25) is 0 Å². The SMILES string of the molecule is CC(C)(C)c1ccc2c(c1)N(S(=O)(=O)c1ccccc1)C[C@@H](C(=O)NCc1ccccc1)O2. The second-order valence-corrected chi connectivity index (χ2v) is 11.0. The van der Waals surface area contributed by atoms with Crippen molar-refractivity contribution >= 4 is 21.6 Å². The van der Waals surface area contributed by atoms with Crippen LogP contribution in [0.25, 0.3) is 0 Å². The summed E-state index contributed by atoms with van der Waals surface area (Å²) in [7, 11) is -3.90. The minimum absolute atomic E-state index is 0.113. The molecule has 33 heavy (non-hydrogen) atoms. The maximum atomic E-state index is 13.6. The number of benzene rings is 3. The van der Waals surface area contributed by atoms with Crippen molar-refractivity contribution in [1.29, 1.82) is 0 Å². The molecule has 0 radical (unpaired) electrons. The van der Waals surface area contributed by atoms with E-state index in [4.69, 9.17) is 4.74 Å². The van der Waals surface area contributed by atoms with E-state index in [1.54, 1.807) is 36.4 Å². The minimum Gasteiger partial charge on any atom is -0.476 e. The molecule has 1 atom stereocenters. The zero-order chi connectivity index (χ0) is 23.6. The van der Waals surface area contributed by atoms with Gasteiger partial charge >= 0.3 is 0 Å². The molecule has 1 aliphatic heterocycles. The number of carbonyl (C=O) groups excluding carboxylic acids is 1. The molecule has 6 nitrogen and oxygen atoms in total.